The molecule has 1 unspecified atom stereocenters. The lowest BCUT2D eigenvalue weighted by Gasteiger charge is -2.28. The summed E-state index contributed by atoms with van der Waals surface area (Å²) in [6.45, 7) is 9.57. The van der Waals surface area contributed by atoms with Gasteiger partial charge in [-0.1, -0.05) is 37.2 Å². The number of morpholine rings is 1. The van der Waals surface area contributed by atoms with E-state index in [2.05, 4.69) is 34.3 Å². The highest BCUT2D eigenvalue weighted by Crippen LogP contribution is 2.28. The van der Waals surface area contributed by atoms with Crippen molar-refractivity contribution in [1.82, 2.24) is 14.8 Å². The molecule has 2 aromatic rings. The number of carbonyl (C=O) groups is 1. The summed E-state index contributed by atoms with van der Waals surface area (Å²) in [6.07, 6.45) is 0. The van der Waals surface area contributed by atoms with E-state index in [-0.39, 0.29) is 16.6 Å². The van der Waals surface area contributed by atoms with Crippen molar-refractivity contribution in [3.05, 3.63) is 29.0 Å². The van der Waals surface area contributed by atoms with Gasteiger partial charge >= 0.3 is 0 Å². The monoisotopic (exact) mass is 441 g/mol. The van der Waals surface area contributed by atoms with E-state index >= 15 is 0 Å². The largest absolute Gasteiger partial charge is 0.378 e. The maximum Gasteiger partial charge on any atom is 0.237 e. The standard InChI is InChI=1S/C19H25ClFN5O2S/c1-12(2)11-26-18(25-6-8-28-9-7-25)23-24-19(26)29-13(3)17(27)22-16-5-4-14(20)10-15(16)21/h4-5,10,12-13H,6-9,11H2,1-3H3,(H,22,27). The SMILES string of the molecule is CC(C)Cn1c(SC(C)C(=O)Nc2ccc(Cl)cc2F)nnc1N1CCOCC1. The Morgan fingerprint density at radius 3 is 2.69 bits per heavy atom. The predicted octanol–water partition coefficient (Wildman–Crippen LogP) is 3.68. The lowest BCUT2D eigenvalue weighted by Crippen LogP contribution is -2.38. The lowest BCUT2D eigenvalue weighted by molar-refractivity contribution is -0.115. The molecule has 0 radical (unpaired) electrons. The van der Waals surface area contributed by atoms with Gasteiger partial charge in [0.1, 0.15) is 5.82 Å². The zero-order valence-electron chi connectivity index (χ0n) is 16.7. The van der Waals surface area contributed by atoms with Gasteiger partial charge in [0.25, 0.3) is 0 Å². The molecule has 3 rings (SSSR count). The molecule has 0 spiro atoms. The number of hydrogen-bond acceptors (Lipinski definition) is 6. The van der Waals surface area contributed by atoms with E-state index in [9.17, 15) is 9.18 Å². The number of thioether (sulfide) groups is 1. The van der Waals surface area contributed by atoms with E-state index in [1.807, 2.05) is 4.57 Å². The van der Waals surface area contributed by atoms with E-state index in [1.165, 1.54) is 30.0 Å². The lowest BCUT2D eigenvalue weighted by atomic mass is 10.2. The fraction of sp³-hybridized carbons (Fsp3) is 0.526. The summed E-state index contributed by atoms with van der Waals surface area (Å²) in [6, 6.07) is 4.15. The molecule has 1 N–H and O–H groups in total. The summed E-state index contributed by atoms with van der Waals surface area (Å²) in [5, 5.41) is 11.8. The van der Waals surface area contributed by atoms with E-state index in [4.69, 9.17) is 16.3 Å². The molecule has 1 aliphatic heterocycles. The van der Waals surface area contributed by atoms with Crippen LogP contribution in [0.3, 0.4) is 0 Å². The Morgan fingerprint density at radius 2 is 2.03 bits per heavy atom. The molecule has 0 saturated carbocycles. The number of aromatic nitrogens is 3. The van der Waals surface area contributed by atoms with E-state index in [0.29, 0.717) is 24.3 Å². The molecule has 10 heteroatoms. The predicted molar refractivity (Wildman–Crippen MR) is 113 cm³/mol. The zero-order chi connectivity index (χ0) is 21.0. The molecule has 2 heterocycles. The van der Waals surface area contributed by atoms with Crippen LogP contribution in [0.1, 0.15) is 20.8 Å². The van der Waals surface area contributed by atoms with Crippen molar-refractivity contribution in [3.63, 3.8) is 0 Å². The van der Waals surface area contributed by atoms with Crippen LogP contribution >= 0.6 is 23.4 Å². The van der Waals surface area contributed by atoms with Gasteiger partial charge in [0.05, 0.1) is 24.2 Å². The van der Waals surface area contributed by atoms with Crippen molar-refractivity contribution in [2.45, 2.75) is 37.7 Å². The van der Waals surface area contributed by atoms with Crippen molar-refractivity contribution in [2.75, 3.05) is 36.5 Å². The van der Waals surface area contributed by atoms with Crippen molar-refractivity contribution in [1.29, 1.82) is 0 Å². The molecule has 1 aliphatic rings. The minimum absolute atomic E-state index is 0.101. The summed E-state index contributed by atoms with van der Waals surface area (Å²) in [5.74, 6) is 0.294. The minimum Gasteiger partial charge on any atom is -0.378 e. The molecular weight excluding hydrogens is 417 g/mol. The van der Waals surface area contributed by atoms with Crippen LogP contribution in [-0.4, -0.2) is 52.2 Å². The molecule has 0 aliphatic carbocycles. The number of benzene rings is 1. The Hall–Kier alpha value is -1.84. The maximum atomic E-state index is 14.0. The first-order valence-electron chi connectivity index (χ1n) is 9.53. The van der Waals surface area contributed by atoms with Gasteiger partial charge in [-0.15, -0.1) is 10.2 Å². The number of anilines is 2. The number of nitrogens with one attached hydrogen (secondary N) is 1. The zero-order valence-corrected chi connectivity index (χ0v) is 18.3. The number of rotatable bonds is 7. The third-order valence-corrected chi connectivity index (χ3v) is 5.69. The molecule has 1 amide bonds. The molecule has 1 atom stereocenters. The quantitative estimate of drug-likeness (QED) is 0.661. The number of amides is 1. The smallest absolute Gasteiger partial charge is 0.237 e. The van der Waals surface area contributed by atoms with Crippen LogP contribution in [0.25, 0.3) is 0 Å². The van der Waals surface area contributed by atoms with Crippen LogP contribution in [0.5, 0.6) is 0 Å². The molecular formula is C19H25ClFN5O2S. The maximum absolute atomic E-state index is 14.0. The van der Waals surface area contributed by atoms with Gasteiger partial charge in [-0.2, -0.15) is 0 Å². The number of nitrogens with zero attached hydrogens (tertiary/aromatic N) is 4. The second-order valence-electron chi connectivity index (χ2n) is 7.26. The van der Waals surface area contributed by atoms with Gasteiger partial charge in [0, 0.05) is 24.7 Å². The average molecular weight is 442 g/mol. The molecule has 0 bridgehead atoms. The number of hydrogen-bond donors (Lipinski definition) is 1. The fourth-order valence-electron chi connectivity index (χ4n) is 2.93. The van der Waals surface area contributed by atoms with Crippen molar-refractivity contribution >= 4 is 40.9 Å². The third kappa shape index (κ3) is 5.61. The Balaban J connectivity index is 1.73. The fourth-order valence-corrected chi connectivity index (χ4v) is 3.94. The topological polar surface area (TPSA) is 72.3 Å². The van der Waals surface area contributed by atoms with E-state index in [0.717, 1.165) is 25.6 Å². The number of carbonyl (C=O) groups excluding carboxylic acids is 1. The van der Waals surface area contributed by atoms with Gasteiger partial charge in [-0.3, -0.25) is 9.36 Å². The summed E-state index contributed by atoms with van der Waals surface area (Å²) >= 11 is 7.07. The Labute approximate surface area is 179 Å². The van der Waals surface area contributed by atoms with Gasteiger partial charge in [-0.25, -0.2) is 4.39 Å². The molecule has 1 aromatic heterocycles. The van der Waals surface area contributed by atoms with Crippen molar-refractivity contribution < 1.29 is 13.9 Å². The first-order chi connectivity index (χ1) is 13.8. The summed E-state index contributed by atoms with van der Waals surface area (Å²) < 4.78 is 21.4. The van der Waals surface area contributed by atoms with Gasteiger partial charge in [0.2, 0.25) is 11.9 Å². The second kappa shape index (κ2) is 9.77. The third-order valence-electron chi connectivity index (χ3n) is 4.38. The first-order valence-corrected chi connectivity index (χ1v) is 10.8. The summed E-state index contributed by atoms with van der Waals surface area (Å²) in [5.41, 5.74) is 0.101. The van der Waals surface area contributed by atoms with Crippen molar-refractivity contribution in [2.24, 2.45) is 5.92 Å². The van der Waals surface area contributed by atoms with Crippen molar-refractivity contribution in [3.8, 4) is 0 Å². The average Bonchev–Trinajstić information content (AvgIpc) is 3.06. The Bertz CT molecular complexity index is 857. The first kappa shape index (κ1) is 21.9. The van der Waals surface area contributed by atoms with Crippen LogP contribution in [-0.2, 0) is 16.1 Å². The van der Waals surface area contributed by atoms with Crippen LogP contribution in [0.15, 0.2) is 23.4 Å². The molecule has 29 heavy (non-hydrogen) atoms. The van der Waals surface area contributed by atoms with E-state index in [1.54, 1.807) is 6.92 Å². The number of ether oxygens (including phenoxy) is 1. The molecule has 158 valence electrons. The van der Waals surface area contributed by atoms with Crippen LogP contribution in [0.4, 0.5) is 16.0 Å². The Morgan fingerprint density at radius 1 is 1.31 bits per heavy atom. The molecule has 1 aromatic carbocycles. The van der Waals surface area contributed by atoms with Gasteiger partial charge in [0.15, 0.2) is 5.16 Å². The van der Waals surface area contributed by atoms with Crippen LogP contribution in [0, 0.1) is 11.7 Å². The summed E-state index contributed by atoms with van der Waals surface area (Å²) in [7, 11) is 0. The van der Waals surface area contributed by atoms with E-state index < -0.39 is 11.1 Å². The van der Waals surface area contributed by atoms with Gasteiger partial charge < -0.3 is 15.0 Å². The van der Waals surface area contributed by atoms with Crippen LogP contribution < -0.4 is 10.2 Å². The van der Waals surface area contributed by atoms with Gasteiger partial charge in [-0.05, 0) is 31.0 Å². The highest BCUT2D eigenvalue weighted by Gasteiger charge is 2.24. The molecule has 1 saturated heterocycles. The highest BCUT2D eigenvalue weighted by atomic mass is 35.5. The Kier molecular flexibility index (Phi) is 7.37. The minimum atomic E-state index is -0.569. The molecule has 7 nitrogen and oxygen atoms in total. The molecule has 1 fully saturated rings. The highest BCUT2D eigenvalue weighted by molar-refractivity contribution is 8.00. The van der Waals surface area contributed by atoms with Crippen LogP contribution in [0.2, 0.25) is 5.02 Å². The summed E-state index contributed by atoms with van der Waals surface area (Å²) in [4.78, 5) is 14.7. The number of halogens is 2. The second-order valence-corrected chi connectivity index (χ2v) is 9.00. The normalized spacial score (nSPS) is 15.6.